The summed E-state index contributed by atoms with van der Waals surface area (Å²) < 4.78 is 11.0. The number of aliphatic hydroxyl groups excluding tert-OH is 3. The monoisotopic (exact) mass is 508 g/mol. The van der Waals surface area contributed by atoms with Crippen LogP contribution < -0.4 is 10.2 Å². The van der Waals surface area contributed by atoms with Crippen molar-refractivity contribution in [2.45, 2.75) is 71.7 Å². The van der Waals surface area contributed by atoms with Crippen LogP contribution in [0.3, 0.4) is 0 Å². The van der Waals surface area contributed by atoms with E-state index in [2.05, 4.69) is 48.3 Å². The van der Waals surface area contributed by atoms with Gasteiger partial charge in [0.2, 0.25) is 6.29 Å². The zero-order valence-corrected chi connectivity index (χ0v) is 21.9. The second-order valence-electron chi connectivity index (χ2n) is 10.1. The number of anilines is 4. The Kier molecular flexibility index (Phi) is 8.04. The van der Waals surface area contributed by atoms with Gasteiger partial charge in [-0.05, 0) is 64.8 Å². The van der Waals surface area contributed by atoms with E-state index in [1.807, 2.05) is 26.0 Å². The van der Waals surface area contributed by atoms with Crippen molar-refractivity contribution >= 4 is 28.7 Å². The van der Waals surface area contributed by atoms with Crippen LogP contribution in [0.2, 0.25) is 0 Å². The van der Waals surface area contributed by atoms with E-state index in [0.717, 1.165) is 29.0 Å². The van der Waals surface area contributed by atoms with Gasteiger partial charge in [0.1, 0.15) is 18.3 Å². The number of fused-ring (bicyclic) bond motifs is 2. The molecule has 0 bridgehead atoms. The molecule has 0 amide bonds. The summed E-state index contributed by atoms with van der Waals surface area (Å²) in [6.45, 7) is 10.4. The first-order valence-corrected chi connectivity index (χ1v) is 12.5. The highest BCUT2D eigenvalue weighted by atomic mass is 16.7. The summed E-state index contributed by atoms with van der Waals surface area (Å²) >= 11 is 0. The molecule has 4 N–H and O–H groups in total. The van der Waals surface area contributed by atoms with Gasteiger partial charge in [0.15, 0.2) is 0 Å². The van der Waals surface area contributed by atoms with Gasteiger partial charge in [-0.15, -0.1) is 0 Å². The summed E-state index contributed by atoms with van der Waals surface area (Å²) in [6, 6.07) is 11.5. The van der Waals surface area contributed by atoms with Crippen molar-refractivity contribution in [1.29, 1.82) is 0 Å². The fourth-order valence-corrected chi connectivity index (χ4v) is 4.51. The third-order valence-corrected chi connectivity index (χ3v) is 6.67. The van der Waals surface area contributed by atoms with Crippen molar-refractivity contribution in [3.63, 3.8) is 0 Å². The number of rotatable bonds is 6. The molecule has 2 aliphatic rings. The van der Waals surface area contributed by atoms with Gasteiger partial charge >= 0.3 is 5.97 Å². The Balaban J connectivity index is 1.73. The lowest BCUT2D eigenvalue weighted by Gasteiger charge is -2.39. The minimum atomic E-state index is -1.58. The molecule has 8 nitrogen and oxygen atoms in total. The summed E-state index contributed by atoms with van der Waals surface area (Å²) in [5.74, 6) is -0.711. The molecule has 198 valence electrons. The normalized spacial score (nSPS) is 24.3. The number of nitrogens with zero attached hydrogens (tertiary/aromatic N) is 1. The molecular formula is C29H36N2O6. The van der Waals surface area contributed by atoms with Crippen LogP contribution in [-0.2, 0) is 15.9 Å². The Morgan fingerprint density at radius 3 is 2.27 bits per heavy atom. The number of carbonyl (C=O) groups is 1. The molecule has 5 atom stereocenters. The molecule has 1 fully saturated rings. The molecule has 0 radical (unpaired) electrons. The number of allylic oxidation sites excluding steroid dienone is 3. The summed E-state index contributed by atoms with van der Waals surface area (Å²) in [6.07, 6.45) is -1.55. The molecule has 0 saturated carbocycles. The molecule has 8 heteroatoms. The zero-order valence-electron chi connectivity index (χ0n) is 21.9. The van der Waals surface area contributed by atoms with E-state index in [4.69, 9.17) is 9.47 Å². The molecule has 0 spiro atoms. The number of hydrogen-bond acceptors (Lipinski definition) is 8. The van der Waals surface area contributed by atoms with Crippen LogP contribution >= 0.6 is 0 Å². The molecule has 0 aromatic heterocycles. The Morgan fingerprint density at radius 1 is 0.946 bits per heavy atom. The SMILES string of the molecule is CC(C)=CCc1cccc2c1Nc1c(C(=O)O[C@@H]3O[C@@H](C)C(O)C(O)C3O)cccc1N2CC=C(C)C. The lowest BCUT2D eigenvalue weighted by molar-refractivity contribution is -0.276. The Morgan fingerprint density at radius 2 is 1.59 bits per heavy atom. The maximum atomic E-state index is 13.4. The highest BCUT2D eigenvalue weighted by Crippen LogP contribution is 2.47. The van der Waals surface area contributed by atoms with Crippen LogP contribution in [0, 0.1) is 0 Å². The highest BCUT2D eigenvalue weighted by molar-refractivity contribution is 6.05. The van der Waals surface area contributed by atoms with Crippen molar-refractivity contribution in [3.8, 4) is 0 Å². The van der Waals surface area contributed by atoms with Crippen LogP contribution in [0.4, 0.5) is 22.7 Å². The van der Waals surface area contributed by atoms with Gasteiger partial charge in [-0.25, -0.2) is 4.79 Å². The summed E-state index contributed by atoms with van der Waals surface area (Å²) in [5.41, 5.74) is 7.07. The van der Waals surface area contributed by atoms with E-state index in [1.165, 1.54) is 11.1 Å². The standard InChI is InChI=1S/C29H36N2O6/c1-16(2)12-13-19-8-6-10-21-23(19)30-24-20(9-7-11-22(24)31(21)15-14-17(3)4)28(35)37-29-27(34)26(33)25(32)18(5)36-29/h6-12,14,18,25-27,29-30,32-34H,13,15H2,1-5H3/t18-,25?,26?,27?,29-/m0/s1. The van der Waals surface area contributed by atoms with E-state index in [-0.39, 0.29) is 5.56 Å². The van der Waals surface area contributed by atoms with Gasteiger partial charge in [-0.1, -0.05) is 41.5 Å². The molecule has 3 unspecified atom stereocenters. The second-order valence-corrected chi connectivity index (χ2v) is 10.1. The van der Waals surface area contributed by atoms with Crippen molar-refractivity contribution < 1.29 is 29.6 Å². The zero-order chi connectivity index (χ0) is 26.9. The number of benzene rings is 2. The van der Waals surface area contributed by atoms with Crippen LogP contribution in [-0.4, -0.2) is 58.5 Å². The van der Waals surface area contributed by atoms with E-state index in [0.29, 0.717) is 12.2 Å². The first-order chi connectivity index (χ1) is 17.6. The molecule has 2 aromatic carbocycles. The minimum absolute atomic E-state index is 0.270. The molecule has 2 heterocycles. The predicted octanol–water partition coefficient (Wildman–Crippen LogP) is 4.34. The van der Waals surface area contributed by atoms with Crippen molar-refractivity contribution in [1.82, 2.24) is 0 Å². The average molecular weight is 509 g/mol. The smallest absolute Gasteiger partial charge is 0.342 e. The van der Waals surface area contributed by atoms with Crippen molar-refractivity contribution in [2.24, 2.45) is 0 Å². The first-order valence-electron chi connectivity index (χ1n) is 12.5. The molecule has 2 aliphatic heterocycles. The Labute approximate surface area is 217 Å². The molecule has 2 aromatic rings. The highest BCUT2D eigenvalue weighted by Gasteiger charge is 2.44. The number of esters is 1. The van der Waals surface area contributed by atoms with E-state index >= 15 is 0 Å². The number of aliphatic hydroxyl groups is 3. The van der Waals surface area contributed by atoms with E-state index in [1.54, 1.807) is 19.1 Å². The van der Waals surface area contributed by atoms with E-state index in [9.17, 15) is 20.1 Å². The lowest BCUT2D eigenvalue weighted by Crippen LogP contribution is -2.57. The van der Waals surface area contributed by atoms with Crippen LogP contribution in [0.15, 0.2) is 59.7 Å². The van der Waals surface area contributed by atoms with Crippen LogP contribution in [0.25, 0.3) is 0 Å². The Bertz CT molecular complexity index is 1210. The summed E-state index contributed by atoms with van der Waals surface area (Å²) in [4.78, 5) is 15.5. The lowest BCUT2D eigenvalue weighted by atomic mass is 9.99. The minimum Gasteiger partial charge on any atom is -0.429 e. The maximum absolute atomic E-state index is 13.4. The van der Waals surface area contributed by atoms with Gasteiger partial charge in [0, 0.05) is 6.54 Å². The second kappa shape index (κ2) is 11.1. The molecule has 37 heavy (non-hydrogen) atoms. The number of para-hydroxylation sites is 2. The van der Waals surface area contributed by atoms with Gasteiger partial charge in [0.05, 0.1) is 34.4 Å². The van der Waals surface area contributed by atoms with Gasteiger partial charge in [-0.2, -0.15) is 0 Å². The fraction of sp³-hybridized carbons (Fsp3) is 0.414. The average Bonchev–Trinajstić information content (AvgIpc) is 2.86. The predicted molar refractivity (Wildman–Crippen MR) is 144 cm³/mol. The number of carbonyl (C=O) groups excluding carboxylic acids is 1. The van der Waals surface area contributed by atoms with Crippen molar-refractivity contribution in [2.75, 3.05) is 16.8 Å². The molecular weight excluding hydrogens is 472 g/mol. The fourth-order valence-electron chi connectivity index (χ4n) is 4.51. The number of ether oxygens (including phenoxy) is 2. The summed E-state index contributed by atoms with van der Waals surface area (Å²) in [7, 11) is 0. The largest absolute Gasteiger partial charge is 0.429 e. The molecule has 4 rings (SSSR count). The van der Waals surface area contributed by atoms with Gasteiger partial charge in [-0.3, -0.25) is 0 Å². The van der Waals surface area contributed by atoms with Crippen molar-refractivity contribution in [3.05, 3.63) is 70.8 Å². The topological polar surface area (TPSA) is 111 Å². The quantitative estimate of drug-likeness (QED) is 0.337. The van der Waals surface area contributed by atoms with Gasteiger partial charge < -0.3 is 35.0 Å². The van der Waals surface area contributed by atoms with Crippen LogP contribution in [0.5, 0.6) is 0 Å². The van der Waals surface area contributed by atoms with Crippen LogP contribution in [0.1, 0.15) is 50.5 Å². The summed E-state index contributed by atoms with van der Waals surface area (Å²) in [5, 5.41) is 33.9. The van der Waals surface area contributed by atoms with E-state index < -0.39 is 36.7 Å². The van der Waals surface area contributed by atoms with Gasteiger partial charge in [0.25, 0.3) is 0 Å². The third kappa shape index (κ3) is 5.57. The number of hydrogen-bond donors (Lipinski definition) is 4. The molecule has 1 saturated heterocycles. The first kappa shape index (κ1) is 26.9. The molecule has 0 aliphatic carbocycles. The third-order valence-electron chi connectivity index (χ3n) is 6.67. The number of nitrogens with one attached hydrogen (secondary N) is 1. The Hall–Kier alpha value is -3.17. The maximum Gasteiger partial charge on any atom is 0.342 e.